The van der Waals surface area contributed by atoms with Crippen LogP contribution in [0.3, 0.4) is 0 Å². The van der Waals surface area contributed by atoms with Crippen LogP contribution in [0, 0.1) is 5.82 Å². The first kappa shape index (κ1) is 13.4. The quantitative estimate of drug-likeness (QED) is 0.871. The van der Waals surface area contributed by atoms with Gasteiger partial charge in [-0.25, -0.2) is 9.37 Å². The van der Waals surface area contributed by atoms with Gasteiger partial charge in [0.25, 0.3) is 0 Å². The van der Waals surface area contributed by atoms with Gasteiger partial charge in [-0.3, -0.25) is 4.99 Å². The maximum atomic E-state index is 13.5. The molecule has 19 heavy (non-hydrogen) atoms. The summed E-state index contributed by atoms with van der Waals surface area (Å²) in [5.74, 6) is -0.252. The summed E-state index contributed by atoms with van der Waals surface area (Å²) in [5.41, 5.74) is 7.56. The number of nitrogens with two attached hydrogens (primary N) is 1. The number of aromatic nitrogens is 1. The summed E-state index contributed by atoms with van der Waals surface area (Å²) >= 11 is 1.48. The van der Waals surface area contributed by atoms with Gasteiger partial charge in [0.15, 0.2) is 0 Å². The Morgan fingerprint density at radius 3 is 2.89 bits per heavy atom. The third kappa shape index (κ3) is 3.72. The molecule has 2 N–H and O–H groups in total. The average Bonchev–Trinajstić information content (AvgIpc) is 2.89. The van der Waals surface area contributed by atoms with E-state index in [4.69, 9.17) is 5.73 Å². The van der Waals surface area contributed by atoms with Crippen LogP contribution in [0.25, 0.3) is 0 Å². The van der Waals surface area contributed by atoms with Crippen molar-refractivity contribution in [2.75, 3.05) is 0 Å². The van der Waals surface area contributed by atoms with Gasteiger partial charge in [-0.05, 0) is 19.1 Å². The minimum absolute atomic E-state index is 0.252. The van der Waals surface area contributed by atoms with E-state index in [0.29, 0.717) is 17.0 Å². The van der Waals surface area contributed by atoms with Crippen molar-refractivity contribution in [3.05, 3.63) is 64.0 Å². The lowest BCUT2D eigenvalue weighted by atomic mass is 10.2. The Morgan fingerprint density at radius 1 is 1.47 bits per heavy atom. The molecule has 5 heteroatoms. The molecule has 0 radical (unpaired) electrons. The molecule has 0 amide bonds. The van der Waals surface area contributed by atoms with E-state index in [1.807, 2.05) is 5.38 Å². The van der Waals surface area contributed by atoms with E-state index in [1.54, 1.807) is 37.4 Å². The van der Waals surface area contributed by atoms with Crippen LogP contribution in [-0.4, -0.2) is 10.7 Å². The molecule has 0 saturated carbocycles. The van der Waals surface area contributed by atoms with Gasteiger partial charge in [-0.2, -0.15) is 0 Å². The summed E-state index contributed by atoms with van der Waals surface area (Å²) in [6.07, 6.45) is 3.46. The predicted octanol–water partition coefficient (Wildman–Crippen LogP) is 3.13. The highest BCUT2D eigenvalue weighted by atomic mass is 32.1. The van der Waals surface area contributed by atoms with Crippen molar-refractivity contribution in [2.45, 2.75) is 13.5 Å². The highest BCUT2D eigenvalue weighted by Gasteiger charge is 2.05. The van der Waals surface area contributed by atoms with Crippen LogP contribution in [0.5, 0.6) is 0 Å². The molecule has 0 aliphatic carbocycles. The van der Waals surface area contributed by atoms with Crippen molar-refractivity contribution in [3.63, 3.8) is 0 Å². The third-order valence-electron chi connectivity index (χ3n) is 2.39. The lowest BCUT2D eigenvalue weighted by molar-refractivity contribution is 0.611. The van der Waals surface area contributed by atoms with Gasteiger partial charge in [0, 0.05) is 22.8 Å². The maximum Gasteiger partial charge on any atom is 0.141 e. The highest BCUT2D eigenvalue weighted by Crippen LogP contribution is 2.12. The summed E-state index contributed by atoms with van der Waals surface area (Å²) in [6, 6.07) is 6.60. The normalized spacial score (nSPS) is 12.7. The molecule has 0 atom stereocenters. The molecule has 3 nitrogen and oxygen atoms in total. The molecule has 1 aromatic heterocycles. The fourth-order valence-electron chi connectivity index (χ4n) is 1.54. The van der Waals surface area contributed by atoms with Gasteiger partial charge in [-0.15, -0.1) is 11.3 Å². The topological polar surface area (TPSA) is 51.3 Å². The number of halogens is 1. The van der Waals surface area contributed by atoms with Crippen LogP contribution < -0.4 is 5.73 Å². The van der Waals surface area contributed by atoms with Crippen LogP contribution in [0.4, 0.5) is 4.39 Å². The Balaban J connectivity index is 2.27. The van der Waals surface area contributed by atoms with E-state index in [0.717, 1.165) is 5.01 Å². The highest BCUT2D eigenvalue weighted by molar-refractivity contribution is 7.11. The molecule has 2 rings (SSSR count). The van der Waals surface area contributed by atoms with Crippen LogP contribution in [0.2, 0.25) is 0 Å². The number of nitrogens with zero attached hydrogens (tertiary/aromatic N) is 2. The van der Waals surface area contributed by atoms with E-state index in [9.17, 15) is 4.39 Å². The fraction of sp³-hybridized carbons (Fsp3) is 0.143. The minimum Gasteiger partial charge on any atom is -0.402 e. The van der Waals surface area contributed by atoms with E-state index in [-0.39, 0.29) is 12.4 Å². The van der Waals surface area contributed by atoms with Crippen LogP contribution >= 0.6 is 11.3 Å². The van der Waals surface area contributed by atoms with E-state index in [2.05, 4.69) is 9.98 Å². The van der Waals surface area contributed by atoms with Crippen molar-refractivity contribution < 1.29 is 4.39 Å². The van der Waals surface area contributed by atoms with Crippen molar-refractivity contribution in [1.82, 2.24) is 4.98 Å². The largest absolute Gasteiger partial charge is 0.402 e. The van der Waals surface area contributed by atoms with Crippen LogP contribution in [0.1, 0.15) is 17.5 Å². The number of allylic oxidation sites excluding steroid dienone is 2. The van der Waals surface area contributed by atoms with Crippen molar-refractivity contribution >= 4 is 17.0 Å². The molecular weight excluding hydrogens is 261 g/mol. The van der Waals surface area contributed by atoms with Gasteiger partial charge >= 0.3 is 0 Å². The Hall–Kier alpha value is -2.01. The number of hydrogen-bond acceptors (Lipinski definition) is 4. The van der Waals surface area contributed by atoms with Crippen molar-refractivity contribution in [1.29, 1.82) is 0 Å². The second-order valence-electron chi connectivity index (χ2n) is 4.02. The van der Waals surface area contributed by atoms with Crippen molar-refractivity contribution in [2.24, 2.45) is 10.7 Å². The SMILES string of the molecule is C/C(N)=C/C(=NCc1ccccc1F)c1nccs1. The molecule has 0 bridgehead atoms. The van der Waals surface area contributed by atoms with Gasteiger partial charge < -0.3 is 5.73 Å². The maximum absolute atomic E-state index is 13.5. The first-order chi connectivity index (χ1) is 9.16. The zero-order valence-electron chi connectivity index (χ0n) is 10.5. The monoisotopic (exact) mass is 275 g/mol. The van der Waals surface area contributed by atoms with Gasteiger partial charge in [0.1, 0.15) is 10.8 Å². The predicted molar refractivity (Wildman–Crippen MR) is 76.7 cm³/mol. The lowest BCUT2D eigenvalue weighted by Gasteiger charge is -2.01. The van der Waals surface area contributed by atoms with Gasteiger partial charge in [-0.1, -0.05) is 18.2 Å². The number of thiazole rings is 1. The zero-order valence-corrected chi connectivity index (χ0v) is 11.3. The summed E-state index contributed by atoms with van der Waals surface area (Å²) in [4.78, 5) is 8.60. The Kier molecular flexibility index (Phi) is 4.41. The Bertz CT molecular complexity index is 599. The molecule has 1 heterocycles. The molecule has 0 aliphatic heterocycles. The number of hydrogen-bond donors (Lipinski definition) is 1. The van der Waals surface area contributed by atoms with E-state index < -0.39 is 0 Å². The first-order valence-electron chi connectivity index (χ1n) is 5.78. The number of rotatable bonds is 4. The van der Waals surface area contributed by atoms with Gasteiger partial charge in [0.2, 0.25) is 0 Å². The van der Waals surface area contributed by atoms with Crippen LogP contribution in [-0.2, 0) is 6.54 Å². The summed E-state index contributed by atoms with van der Waals surface area (Å²) in [5, 5.41) is 2.65. The van der Waals surface area contributed by atoms with Gasteiger partial charge in [0.05, 0.1) is 12.3 Å². The standard InChI is InChI=1S/C14H14FN3S/c1-10(16)8-13(14-17-6-7-19-14)18-9-11-4-2-3-5-12(11)15/h2-8H,9,16H2,1H3/b10-8-,18-13?. The lowest BCUT2D eigenvalue weighted by Crippen LogP contribution is -2.02. The van der Waals surface area contributed by atoms with Crippen molar-refractivity contribution in [3.8, 4) is 0 Å². The minimum atomic E-state index is -0.252. The zero-order chi connectivity index (χ0) is 13.7. The molecule has 98 valence electrons. The summed E-state index contributed by atoms with van der Waals surface area (Å²) < 4.78 is 13.5. The molecule has 0 saturated heterocycles. The smallest absolute Gasteiger partial charge is 0.141 e. The fourth-order valence-corrected chi connectivity index (χ4v) is 2.15. The summed E-state index contributed by atoms with van der Waals surface area (Å²) in [6.45, 7) is 2.05. The molecule has 1 aromatic carbocycles. The molecule has 2 aromatic rings. The summed E-state index contributed by atoms with van der Waals surface area (Å²) in [7, 11) is 0. The van der Waals surface area contributed by atoms with E-state index >= 15 is 0 Å². The first-order valence-corrected chi connectivity index (χ1v) is 6.66. The molecular formula is C14H14FN3S. The molecule has 0 spiro atoms. The second kappa shape index (κ2) is 6.24. The van der Waals surface area contributed by atoms with E-state index in [1.165, 1.54) is 17.4 Å². The Morgan fingerprint density at radius 2 is 2.26 bits per heavy atom. The van der Waals surface area contributed by atoms with Crippen LogP contribution in [0.15, 0.2) is 52.6 Å². The number of aliphatic imine (C=N–C) groups is 1. The number of benzene rings is 1. The average molecular weight is 275 g/mol. The third-order valence-corrected chi connectivity index (χ3v) is 3.19. The second-order valence-corrected chi connectivity index (χ2v) is 4.91. The molecule has 0 fully saturated rings. The molecule has 0 aliphatic rings. The molecule has 0 unspecified atom stereocenters. The Labute approximate surface area is 115 Å².